The van der Waals surface area contributed by atoms with Crippen LogP contribution in [0.5, 0.6) is 0 Å². The van der Waals surface area contributed by atoms with Crippen molar-refractivity contribution < 1.29 is 0 Å². The molecule has 0 aliphatic carbocycles. The predicted octanol–water partition coefficient (Wildman–Crippen LogP) is 2.02. The Hall–Kier alpha value is -2.08. The van der Waals surface area contributed by atoms with Gasteiger partial charge < -0.3 is 0 Å². The lowest BCUT2D eigenvalue weighted by atomic mass is 10.2. The first-order valence-corrected chi connectivity index (χ1v) is 6.83. The van der Waals surface area contributed by atoms with Gasteiger partial charge in [-0.2, -0.15) is 0 Å². The van der Waals surface area contributed by atoms with E-state index in [9.17, 15) is 4.79 Å². The molecule has 0 spiro atoms. The molecule has 0 radical (unpaired) electrons. The van der Waals surface area contributed by atoms with Crippen LogP contribution >= 0.6 is 11.8 Å². The molecule has 5 nitrogen and oxygen atoms in total. The molecule has 0 aliphatic heterocycles. The Balaban J connectivity index is 1.82. The number of aromatic amines is 1. The molecule has 2 heterocycles. The minimum Gasteiger partial charge on any atom is -0.291 e. The highest BCUT2D eigenvalue weighted by Gasteiger charge is 2.06. The Bertz CT molecular complexity index is 760. The third kappa shape index (κ3) is 2.53. The molecule has 1 N–H and O–H groups in total. The van der Waals surface area contributed by atoms with Crippen molar-refractivity contribution >= 4 is 17.5 Å². The van der Waals surface area contributed by atoms with Gasteiger partial charge in [-0.15, -0.1) is 10.2 Å². The Morgan fingerprint density at radius 2 is 2.00 bits per heavy atom. The molecule has 0 saturated carbocycles. The first-order chi connectivity index (χ1) is 9.22. The van der Waals surface area contributed by atoms with Gasteiger partial charge in [-0.25, -0.2) is 0 Å². The highest BCUT2D eigenvalue weighted by Crippen LogP contribution is 2.20. The molecule has 0 aliphatic rings. The van der Waals surface area contributed by atoms with Crippen LogP contribution in [0, 0.1) is 6.92 Å². The van der Waals surface area contributed by atoms with E-state index in [-0.39, 0.29) is 5.56 Å². The second-order valence-electron chi connectivity index (χ2n) is 4.26. The van der Waals surface area contributed by atoms with Gasteiger partial charge in [0.05, 0.1) is 0 Å². The van der Waals surface area contributed by atoms with Gasteiger partial charge in [-0.3, -0.25) is 14.2 Å². The number of fused-ring (bicyclic) bond motifs is 1. The van der Waals surface area contributed by atoms with Gasteiger partial charge in [-0.05, 0) is 12.5 Å². The van der Waals surface area contributed by atoms with Crippen LogP contribution in [-0.2, 0) is 5.75 Å². The molecular formula is C13H12N4OS. The highest BCUT2D eigenvalue weighted by atomic mass is 32.2. The summed E-state index contributed by atoms with van der Waals surface area (Å²) in [6.45, 7) is 2.07. The molecule has 19 heavy (non-hydrogen) atoms. The van der Waals surface area contributed by atoms with Gasteiger partial charge >= 0.3 is 0 Å². The third-order valence-corrected chi connectivity index (χ3v) is 3.78. The molecule has 3 aromatic rings. The lowest BCUT2D eigenvalue weighted by molar-refractivity contribution is 0.916. The van der Waals surface area contributed by atoms with Gasteiger partial charge in [0, 0.05) is 18.0 Å². The zero-order valence-electron chi connectivity index (χ0n) is 10.3. The minimum atomic E-state index is -0.171. The van der Waals surface area contributed by atoms with Gasteiger partial charge in [0.25, 0.3) is 5.56 Å². The van der Waals surface area contributed by atoms with E-state index < -0.39 is 0 Å². The van der Waals surface area contributed by atoms with Crippen LogP contribution in [0.3, 0.4) is 0 Å². The fourth-order valence-corrected chi connectivity index (χ4v) is 2.59. The average Bonchev–Trinajstić information content (AvgIpc) is 2.80. The molecule has 0 saturated heterocycles. The van der Waals surface area contributed by atoms with Crippen LogP contribution in [0.25, 0.3) is 5.78 Å². The summed E-state index contributed by atoms with van der Waals surface area (Å²) < 4.78 is 1.78. The molecule has 1 aromatic carbocycles. The molecule has 2 aromatic heterocycles. The molecule has 6 heteroatoms. The first-order valence-electron chi connectivity index (χ1n) is 5.85. The number of hydrogen-bond donors (Lipinski definition) is 1. The van der Waals surface area contributed by atoms with Crippen molar-refractivity contribution in [1.29, 1.82) is 0 Å². The normalized spacial score (nSPS) is 11.0. The Morgan fingerprint density at radius 3 is 2.79 bits per heavy atom. The smallest absolute Gasteiger partial charge is 0.252 e. The third-order valence-electron chi connectivity index (χ3n) is 2.76. The van der Waals surface area contributed by atoms with E-state index in [0.29, 0.717) is 5.78 Å². The lowest BCUT2D eigenvalue weighted by Crippen LogP contribution is -2.05. The predicted molar refractivity (Wildman–Crippen MR) is 74.3 cm³/mol. The van der Waals surface area contributed by atoms with Crippen LogP contribution in [0.2, 0.25) is 0 Å². The molecule has 3 rings (SSSR count). The van der Waals surface area contributed by atoms with Crippen LogP contribution < -0.4 is 5.56 Å². The summed E-state index contributed by atoms with van der Waals surface area (Å²) in [5, 5.41) is 8.79. The molecule has 96 valence electrons. The summed E-state index contributed by atoms with van der Waals surface area (Å²) in [7, 11) is 0. The number of hydrogen-bond acceptors (Lipinski definition) is 4. The van der Waals surface area contributed by atoms with E-state index in [0.717, 1.165) is 10.9 Å². The first kappa shape index (κ1) is 12.0. The van der Waals surface area contributed by atoms with Crippen LogP contribution in [0.4, 0.5) is 0 Å². The second kappa shape index (κ2) is 4.89. The molecule has 0 fully saturated rings. The van der Waals surface area contributed by atoms with Gasteiger partial charge in [0.15, 0.2) is 5.16 Å². The van der Waals surface area contributed by atoms with E-state index in [4.69, 9.17) is 0 Å². The van der Waals surface area contributed by atoms with Gasteiger partial charge in [0.1, 0.15) is 0 Å². The summed E-state index contributed by atoms with van der Waals surface area (Å²) >= 11 is 1.59. The van der Waals surface area contributed by atoms with Crippen molar-refractivity contribution in [2.45, 2.75) is 17.8 Å². The highest BCUT2D eigenvalue weighted by molar-refractivity contribution is 7.98. The van der Waals surface area contributed by atoms with Crippen molar-refractivity contribution in [3.05, 3.63) is 58.0 Å². The lowest BCUT2D eigenvalue weighted by Gasteiger charge is -2.01. The number of thioether (sulfide) groups is 1. The number of benzene rings is 1. The summed E-state index contributed by atoms with van der Waals surface area (Å²) in [5.74, 6) is 1.29. The number of aromatic nitrogens is 4. The van der Waals surface area contributed by atoms with Crippen LogP contribution in [0.15, 0.2) is 46.5 Å². The molecule has 0 amide bonds. The van der Waals surface area contributed by atoms with E-state index in [2.05, 4.69) is 46.4 Å². The standard InChI is InChI=1S/C13H12N4OS/c1-9-2-4-10(5-3-9)8-19-13-16-15-12-14-11(18)6-7-17(12)13/h2-7H,8H2,1H3,(H,14,15,18). The Kier molecular flexibility index (Phi) is 3.08. The average molecular weight is 272 g/mol. The zero-order chi connectivity index (χ0) is 13.2. The molecule has 0 unspecified atom stereocenters. The van der Waals surface area contributed by atoms with E-state index in [1.165, 1.54) is 17.2 Å². The summed E-state index contributed by atoms with van der Waals surface area (Å²) in [6.07, 6.45) is 1.69. The fourth-order valence-electron chi connectivity index (χ4n) is 1.72. The van der Waals surface area contributed by atoms with Crippen molar-refractivity contribution in [3.8, 4) is 0 Å². The maximum atomic E-state index is 11.2. The summed E-state index contributed by atoms with van der Waals surface area (Å²) in [6, 6.07) is 9.86. The number of nitrogens with zero attached hydrogens (tertiary/aromatic N) is 3. The molecular weight excluding hydrogens is 260 g/mol. The molecule has 0 atom stereocenters. The maximum Gasteiger partial charge on any atom is 0.252 e. The Morgan fingerprint density at radius 1 is 1.21 bits per heavy atom. The number of H-pyrrole nitrogens is 1. The van der Waals surface area contributed by atoms with Crippen LogP contribution in [-0.4, -0.2) is 19.6 Å². The number of aryl methyl sites for hydroxylation is 1. The van der Waals surface area contributed by atoms with Gasteiger partial charge in [0.2, 0.25) is 5.78 Å². The topological polar surface area (TPSA) is 63.0 Å². The number of nitrogens with one attached hydrogen (secondary N) is 1. The SMILES string of the molecule is Cc1ccc(CSc2nnc3[nH]c(=O)ccn23)cc1. The van der Waals surface area contributed by atoms with E-state index in [1.807, 2.05) is 0 Å². The van der Waals surface area contributed by atoms with E-state index in [1.54, 1.807) is 22.4 Å². The fraction of sp³-hybridized carbons (Fsp3) is 0.154. The van der Waals surface area contributed by atoms with Crippen molar-refractivity contribution in [2.75, 3.05) is 0 Å². The van der Waals surface area contributed by atoms with E-state index >= 15 is 0 Å². The van der Waals surface area contributed by atoms with Gasteiger partial charge in [-0.1, -0.05) is 41.6 Å². The quantitative estimate of drug-likeness (QED) is 0.741. The van der Waals surface area contributed by atoms with Crippen LogP contribution in [0.1, 0.15) is 11.1 Å². The molecule has 0 bridgehead atoms. The second-order valence-corrected chi connectivity index (χ2v) is 5.20. The summed E-state index contributed by atoms with van der Waals surface area (Å²) in [5.41, 5.74) is 2.31. The summed E-state index contributed by atoms with van der Waals surface area (Å²) in [4.78, 5) is 13.8. The van der Waals surface area contributed by atoms with Crippen molar-refractivity contribution in [2.24, 2.45) is 0 Å². The Labute approximate surface area is 113 Å². The maximum absolute atomic E-state index is 11.2. The largest absolute Gasteiger partial charge is 0.291 e. The minimum absolute atomic E-state index is 0.171. The number of rotatable bonds is 3. The monoisotopic (exact) mass is 272 g/mol. The zero-order valence-corrected chi connectivity index (χ0v) is 11.1. The van der Waals surface area contributed by atoms with Crippen molar-refractivity contribution in [3.63, 3.8) is 0 Å². The van der Waals surface area contributed by atoms with Crippen molar-refractivity contribution in [1.82, 2.24) is 19.6 Å².